The number of para-hydroxylation sites is 1. The third-order valence-electron chi connectivity index (χ3n) is 4.42. The van der Waals surface area contributed by atoms with Gasteiger partial charge in [0, 0.05) is 18.3 Å². The van der Waals surface area contributed by atoms with Gasteiger partial charge >= 0.3 is 6.03 Å². The van der Waals surface area contributed by atoms with E-state index in [0.29, 0.717) is 0 Å². The third kappa shape index (κ3) is 3.99. The molecule has 0 aliphatic carbocycles. The SMILES string of the molecule is CCCc1ccccc1NC(=O)N1C=CC(=O)CC1c1ccc(F)cc1. The van der Waals surface area contributed by atoms with Gasteiger partial charge in [-0.05, 0) is 41.8 Å². The maximum Gasteiger partial charge on any atom is 0.326 e. The van der Waals surface area contributed by atoms with Gasteiger partial charge in [0.1, 0.15) is 5.82 Å². The van der Waals surface area contributed by atoms with Crippen molar-refractivity contribution in [1.82, 2.24) is 4.90 Å². The molecule has 2 aromatic carbocycles. The molecule has 1 N–H and O–H groups in total. The number of carbonyl (C=O) groups excluding carboxylic acids is 2. The van der Waals surface area contributed by atoms with Crippen LogP contribution >= 0.6 is 0 Å². The number of allylic oxidation sites excluding steroid dienone is 1. The zero-order valence-electron chi connectivity index (χ0n) is 14.6. The van der Waals surface area contributed by atoms with E-state index in [1.54, 1.807) is 12.1 Å². The summed E-state index contributed by atoms with van der Waals surface area (Å²) in [6.45, 7) is 2.09. The molecule has 26 heavy (non-hydrogen) atoms. The van der Waals surface area contributed by atoms with Crippen molar-refractivity contribution in [2.75, 3.05) is 5.32 Å². The summed E-state index contributed by atoms with van der Waals surface area (Å²) in [5.41, 5.74) is 2.56. The molecule has 3 rings (SSSR count). The Hall–Kier alpha value is -2.95. The molecule has 134 valence electrons. The van der Waals surface area contributed by atoms with Crippen LogP contribution in [0.1, 0.15) is 36.9 Å². The van der Waals surface area contributed by atoms with Crippen LogP contribution in [0.5, 0.6) is 0 Å². The van der Waals surface area contributed by atoms with E-state index in [-0.39, 0.29) is 24.1 Å². The summed E-state index contributed by atoms with van der Waals surface area (Å²) in [4.78, 5) is 26.2. The summed E-state index contributed by atoms with van der Waals surface area (Å²) in [7, 11) is 0. The summed E-state index contributed by atoms with van der Waals surface area (Å²) in [6, 6.07) is 12.8. The van der Waals surface area contributed by atoms with E-state index < -0.39 is 6.04 Å². The summed E-state index contributed by atoms with van der Waals surface area (Å²) in [5.74, 6) is -0.411. The molecule has 1 aliphatic rings. The van der Waals surface area contributed by atoms with Crippen LogP contribution in [0.4, 0.5) is 14.9 Å². The van der Waals surface area contributed by atoms with Crippen LogP contribution in [0, 0.1) is 5.82 Å². The molecular weight excluding hydrogens is 331 g/mol. The number of nitrogens with one attached hydrogen (secondary N) is 1. The quantitative estimate of drug-likeness (QED) is 0.856. The van der Waals surface area contributed by atoms with Crippen molar-refractivity contribution < 1.29 is 14.0 Å². The Labute approximate surface area is 152 Å². The molecule has 0 spiro atoms. The normalized spacial score (nSPS) is 16.6. The summed E-state index contributed by atoms with van der Waals surface area (Å²) >= 11 is 0. The molecule has 5 heteroatoms. The first-order valence-corrected chi connectivity index (χ1v) is 8.72. The number of anilines is 1. The Balaban J connectivity index is 1.85. The summed E-state index contributed by atoms with van der Waals surface area (Å²) in [5, 5.41) is 2.94. The fourth-order valence-electron chi connectivity index (χ4n) is 3.11. The first-order chi connectivity index (χ1) is 12.6. The first kappa shape index (κ1) is 17.9. The second-order valence-electron chi connectivity index (χ2n) is 6.30. The number of nitrogens with zero attached hydrogens (tertiary/aromatic N) is 1. The molecule has 0 fully saturated rings. The van der Waals surface area contributed by atoms with E-state index in [1.165, 1.54) is 29.3 Å². The largest absolute Gasteiger partial charge is 0.326 e. The standard InChI is InChI=1S/C21H21FN2O2/c1-2-5-15-6-3-4-7-19(15)23-21(26)24-13-12-18(25)14-20(24)16-8-10-17(22)11-9-16/h3-4,6-13,20H,2,5,14H2,1H3,(H,23,26). The van der Waals surface area contributed by atoms with Crippen LogP contribution in [0.25, 0.3) is 0 Å². The van der Waals surface area contributed by atoms with E-state index in [9.17, 15) is 14.0 Å². The molecule has 2 amide bonds. The summed E-state index contributed by atoms with van der Waals surface area (Å²) < 4.78 is 13.2. The van der Waals surface area contributed by atoms with E-state index >= 15 is 0 Å². The van der Waals surface area contributed by atoms with Crippen LogP contribution in [0.2, 0.25) is 0 Å². The highest BCUT2D eigenvalue weighted by molar-refractivity contribution is 5.96. The van der Waals surface area contributed by atoms with Crippen molar-refractivity contribution in [3.05, 3.63) is 77.8 Å². The van der Waals surface area contributed by atoms with Gasteiger partial charge in [0.25, 0.3) is 0 Å². The Morgan fingerprint density at radius 1 is 1.19 bits per heavy atom. The first-order valence-electron chi connectivity index (χ1n) is 8.72. The number of aryl methyl sites for hydroxylation is 1. The predicted molar refractivity (Wildman–Crippen MR) is 99.2 cm³/mol. The van der Waals surface area contributed by atoms with Crippen molar-refractivity contribution in [2.45, 2.75) is 32.2 Å². The molecule has 1 aliphatic heterocycles. The summed E-state index contributed by atoms with van der Waals surface area (Å²) in [6.07, 6.45) is 4.91. The molecule has 1 atom stereocenters. The molecule has 0 radical (unpaired) electrons. The number of hydrogen-bond acceptors (Lipinski definition) is 2. The van der Waals surface area contributed by atoms with Crippen molar-refractivity contribution in [3.8, 4) is 0 Å². The van der Waals surface area contributed by atoms with Gasteiger partial charge in [-0.25, -0.2) is 9.18 Å². The Morgan fingerprint density at radius 2 is 1.92 bits per heavy atom. The zero-order chi connectivity index (χ0) is 18.5. The van der Waals surface area contributed by atoms with Gasteiger partial charge in [-0.2, -0.15) is 0 Å². The lowest BCUT2D eigenvalue weighted by Crippen LogP contribution is -2.37. The monoisotopic (exact) mass is 352 g/mol. The highest BCUT2D eigenvalue weighted by Crippen LogP contribution is 2.29. The Kier molecular flexibility index (Phi) is 5.46. The fourth-order valence-corrected chi connectivity index (χ4v) is 3.11. The number of rotatable bonds is 4. The second-order valence-corrected chi connectivity index (χ2v) is 6.30. The molecule has 1 heterocycles. The fraction of sp³-hybridized carbons (Fsp3) is 0.238. The molecule has 1 unspecified atom stereocenters. The highest BCUT2D eigenvalue weighted by atomic mass is 19.1. The van der Waals surface area contributed by atoms with E-state index in [0.717, 1.165) is 29.7 Å². The maximum atomic E-state index is 13.2. The van der Waals surface area contributed by atoms with Gasteiger partial charge in [-0.15, -0.1) is 0 Å². The lowest BCUT2D eigenvalue weighted by molar-refractivity contribution is -0.116. The van der Waals surface area contributed by atoms with Crippen LogP contribution in [-0.2, 0) is 11.2 Å². The number of hydrogen-bond donors (Lipinski definition) is 1. The van der Waals surface area contributed by atoms with Crippen molar-refractivity contribution in [1.29, 1.82) is 0 Å². The van der Waals surface area contributed by atoms with Gasteiger partial charge in [0.05, 0.1) is 6.04 Å². The van der Waals surface area contributed by atoms with E-state index in [1.807, 2.05) is 24.3 Å². The number of carbonyl (C=O) groups is 2. The lowest BCUT2D eigenvalue weighted by Gasteiger charge is -2.31. The Morgan fingerprint density at radius 3 is 2.65 bits per heavy atom. The van der Waals surface area contributed by atoms with E-state index in [2.05, 4.69) is 12.2 Å². The van der Waals surface area contributed by atoms with Crippen LogP contribution in [0.15, 0.2) is 60.8 Å². The van der Waals surface area contributed by atoms with E-state index in [4.69, 9.17) is 0 Å². The minimum Gasteiger partial charge on any atom is -0.307 e. The van der Waals surface area contributed by atoms with Crippen LogP contribution in [-0.4, -0.2) is 16.7 Å². The lowest BCUT2D eigenvalue weighted by atomic mass is 9.97. The van der Waals surface area contributed by atoms with Gasteiger partial charge < -0.3 is 5.32 Å². The molecule has 0 saturated carbocycles. The molecular formula is C21H21FN2O2. The second kappa shape index (κ2) is 7.95. The molecule has 2 aromatic rings. The zero-order valence-corrected chi connectivity index (χ0v) is 14.6. The van der Waals surface area contributed by atoms with Gasteiger partial charge in [0.15, 0.2) is 5.78 Å². The van der Waals surface area contributed by atoms with Gasteiger partial charge in [0.2, 0.25) is 0 Å². The molecule has 0 aromatic heterocycles. The number of halogens is 1. The van der Waals surface area contributed by atoms with Crippen molar-refractivity contribution in [2.24, 2.45) is 0 Å². The van der Waals surface area contributed by atoms with Gasteiger partial charge in [-0.1, -0.05) is 43.7 Å². The van der Waals surface area contributed by atoms with Crippen LogP contribution < -0.4 is 5.32 Å². The average molecular weight is 352 g/mol. The number of benzene rings is 2. The maximum absolute atomic E-state index is 13.2. The molecule has 0 bridgehead atoms. The van der Waals surface area contributed by atoms with Crippen molar-refractivity contribution in [3.63, 3.8) is 0 Å². The number of ketones is 1. The predicted octanol–water partition coefficient (Wildman–Crippen LogP) is 4.84. The topological polar surface area (TPSA) is 49.4 Å². The van der Waals surface area contributed by atoms with Gasteiger partial charge in [-0.3, -0.25) is 9.69 Å². The third-order valence-corrected chi connectivity index (χ3v) is 4.42. The number of amides is 2. The minimum absolute atomic E-state index is 0.0604. The Bertz CT molecular complexity index is 830. The number of urea groups is 1. The average Bonchev–Trinajstić information content (AvgIpc) is 2.64. The van der Waals surface area contributed by atoms with Crippen LogP contribution in [0.3, 0.4) is 0 Å². The molecule has 0 saturated heterocycles. The highest BCUT2D eigenvalue weighted by Gasteiger charge is 2.29. The van der Waals surface area contributed by atoms with Crippen molar-refractivity contribution >= 4 is 17.5 Å². The molecule has 4 nitrogen and oxygen atoms in total. The smallest absolute Gasteiger partial charge is 0.307 e. The minimum atomic E-state index is -0.452.